The first-order chi connectivity index (χ1) is 12.3. The van der Waals surface area contributed by atoms with E-state index >= 15 is 0 Å². The van der Waals surface area contributed by atoms with Crippen molar-refractivity contribution < 1.29 is 4.79 Å². The van der Waals surface area contributed by atoms with Crippen LogP contribution in [-0.2, 0) is 6.42 Å². The summed E-state index contributed by atoms with van der Waals surface area (Å²) < 4.78 is 0. The smallest absolute Gasteiger partial charge is 0.256 e. The Morgan fingerprint density at radius 3 is 2.72 bits per heavy atom. The lowest BCUT2D eigenvalue weighted by Gasteiger charge is -2.05. The summed E-state index contributed by atoms with van der Waals surface area (Å²) >= 11 is 0. The number of carbonyl (C=O) groups is 1. The summed E-state index contributed by atoms with van der Waals surface area (Å²) in [4.78, 5) is 27.8. The maximum atomic E-state index is 12.1. The Morgan fingerprint density at radius 1 is 1.04 bits per heavy atom. The zero-order valence-corrected chi connectivity index (χ0v) is 13.3. The van der Waals surface area contributed by atoms with Crippen molar-refractivity contribution in [3.8, 4) is 0 Å². The van der Waals surface area contributed by atoms with Gasteiger partial charge in [-0.15, -0.1) is 0 Å². The average Bonchev–Trinajstić information content (AvgIpc) is 3.07. The molecular formula is C19H15N5O. The van der Waals surface area contributed by atoms with E-state index in [1.807, 2.05) is 30.5 Å². The molecule has 4 heterocycles. The van der Waals surface area contributed by atoms with Crippen molar-refractivity contribution in [1.29, 1.82) is 0 Å². The van der Waals surface area contributed by atoms with Crippen LogP contribution in [0.4, 0.5) is 5.82 Å². The molecule has 6 nitrogen and oxygen atoms in total. The van der Waals surface area contributed by atoms with E-state index in [0.29, 0.717) is 11.4 Å². The molecule has 0 aliphatic rings. The predicted octanol–water partition coefficient (Wildman–Crippen LogP) is 3.20. The van der Waals surface area contributed by atoms with Gasteiger partial charge in [-0.25, -0.2) is 9.97 Å². The molecule has 0 fully saturated rings. The highest BCUT2D eigenvalue weighted by atomic mass is 16.1. The summed E-state index contributed by atoms with van der Waals surface area (Å²) in [6.07, 6.45) is 9.43. The molecule has 4 aromatic heterocycles. The monoisotopic (exact) mass is 329 g/mol. The second kappa shape index (κ2) is 6.52. The number of anilines is 1. The van der Waals surface area contributed by atoms with Crippen LogP contribution in [0.25, 0.3) is 11.0 Å². The van der Waals surface area contributed by atoms with Crippen molar-refractivity contribution in [2.75, 3.05) is 5.32 Å². The summed E-state index contributed by atoms with van der Waals surface area (Å²) in [5.74, 6) is 0.316. The summed E-state index contributed by atoms with van der Waals surface area (Å²) in [6.45, 7) is 0. The fourth-order valence-electron chi connectivity index (χ4n) is 2.67. The van der Waals surface area contributed by atoms with E-state index in [-0.39, 0.29) is 5.91 Å². The zero-order chi connectivity index (χ0) is 17.1. The van der Waals surface area contributed by atoms with Gasteiger partial charge in [0.2, 0.25) is 0 Å². The molecule has 0 saturated carbocycles. The number of carbonyl (C=O) groups excluding carboxylic acids is 1. The molecule has 0 aromatic carbocycles. The molecule has 25 heavy (non-hydrogen) atoms. The van der Waals surface area contributed by atoms with Gasteiger partial charge in [-0.2, -0.15) is 0 Å². The molecule has 0 aliphatic heterocycles. The van der Waals surface area contributed by atoms with E-state index < -0.39 is 0 Å². The fraction of sp³-hybridized carbons (Fsp3) is 0.0526. The van der Waals surface area contributed by atoms with Crippen molar-refractivity contribution in [2.45, 2.75) is 6.42 Å². The van der Waals surface area contributed by atoms with Crippen LogP contribution in [0, 0.1) is 0 Å². The van der Waals surface area contributed by atoms with Crippen molar-refractivity contribution in [1.82, 2.24) is 19.9 Å². The van der Waals surface area contributed by atoms with Gasteiger partial charge >= 0.3 is 0 Å². The molecule has 0 saturated heterocycles. The van der Waals surface area contributed by atoms with Crippen molar-refractivity contribution in [3.05, 3.63) is 84.1 Å². The molecule has 1 amide bonds. The second-order valence-electron chi connectivity index (χ2n) is 5.63. The number of aromatic amines is 1. The number of rotatable bonds is 4. The van der Waals surface area contributed by atoms with E-state index in [1.54, 1.807) is 36.9 Å². The van der Waals surface area contributed by atoms with Gasteiger partial charge in [0.05, 0.1) is 0 Å². The number of hydrogen-bond acceptors (Lipinski definition) is 4. The number of nitrogens with zero attached hydrogens (tertiary/aromatic N) is 3. The minimum atomic E-state index is -0.203. The van der Waals surface area contributed by atoms with E-state index in [4.69, 9.17) is 0 Å². The molecule has 122 valence electrons. The van der Waals surface area contributed by atoms with Crippen LogP contribution >= 0.6 is 0 Å². The number of hydrogen-bond donors (Lipinski definition) is 2. The molecule has 4 aromatic rings. The van der Waals surface area contributed by atoms with Crippen LogP contribution in [0.5, 0.6) is 0 Å². The lowest BCUT2D eigenvalue weighted by molar-refractivity contribution is 0.102. The van der Waals surface area contributed by atoms with Gasteiger partial charge in [0.15, 0.2) is 0 Å². The molecule has 0 unspecified atom stereocenters. The molecule has 4 rings (SSSR count). The Hall–Kier alpha value is -3.54. The van der Waals surface area contributed by atoms with Crippen LogP contribution in [0.2, 0.25) is 0 Å². The van der Waals surface area contributed by atoms with E-state index in [9.17, 15) is 4.79 Å². The number of nitrogens with one attached hydrogen (secondary N) is 2. The van der Waals surface area contributed by atoms with E-state index in [0.717, 1.165) is 23.0 Å². The first-order valence-corrected chi connectivity index (χ1v) is 7.87. The number of amides is 1. The molecule has 2 N–H and O–H groups in total. The third-order valence-corrected chi connectivity index (χ3v) is 3.94. The largest absolute Gasteiger partial charge is 0.346 e. The Bertz CT molecular complexity index is 1010. The van der Waals surface area contributed by atoms with E-state index in [1.165, 1.54) is 5.56 Å². The van der Waals surface area contributed by atoms with Gasteiger partial charge < -0.3 is 10.3 Å². The quantitative estimate of drug-likeness (QED) is 0.602. The zero-order valence-electron chi connectivity index (χ0n) is 13.3. The van der Waals surface area contributed by atoms with Crippen LogP contribution in [0.15, 0.2) is 67.4 Å². The summed E-state index contributed by atoms with van der Waals surface area (Å²) in [7, 11) is 0. The SMILES string of the molecule is O=C(Nc1ccc(Cc2c[nH]c3ncccc23)cn1)c1ccncc1. The third-order valence-electron chi connectivity index (χ3n) is 3.94. The van der Waals surface area contributed by atoms with Gasteiger partial charge in [-0.1, -0.05) is 6.07 Å². The topological polar surface area (TPSA) is 83.6 Å². The molecular weight excluding hydrogens is 314 g/mol. The van der Waals surface area contributed by atoms with E-state index in [2.05, 4.69) is 25.3 Å². The molecule has 0 atom stereocenters. The lowest BCUT2D eigenvalue weighted by Crippen LogP contribution is -2.12. The standard InChI is InChI=1S/C19H15N5O/c25-19(14-5-8-20-9-6-14)24-17-4-3-13(11-22-17)10-15-12-23-18-16(15)2-1-7-21-18/h1-9,11-12H,10H2,(H,21,23)(H,22,24,25). The highest BCUT2D eigenvalue weighted by molar-refractivity contribution is 6.03. The molecule has 6 heteroatoms. The van der Waals surface area contributed by atoms with Crippen LogP contribution in [-0.4, -0.2) is 25.8 Å². The molecule has 0 spiro atoms. The fourth-order valence-corrected chi connectivity index (χ4v) is 2.67. The predicted molar refractivity (Wildman–Crippen MR) is 95.3 cm³/mol. The van der Waals surface area contributed by atoms with Crippen LogP contribution < -0.4 is 5.32 Å². The lowest BCUT2D eigenvalue weighted by atomic mass is 10.1. The second-order valence-corrected chi connectivity index (χ2v) is 5.63. The van der Waals surface area contributed by atoms with Gasteiger partial charge in [0.25, 0.3) is 5.91 Å². The number of fused-ring (bicyclic) bond motifs is 1. The summed E-state index contributed by atoms with van der Waals surface area (Å²) in [5, 5.41) is 3.89. The Balaban J connectivity index is 1.48. The first-order valence-electron chi connectivity index (χ1n) is 7.87. The van der Waals surface area contributed by atoms with Crippen molar-refractivity contribution in [2.24, 2.45) is 0 Å². The Labute approximate surface area is 144 Å². The highest BCUT2D eigenvalue weighted by Gasteiger charge is 2.08. The van der Waals surface area contributed by atoms with Crippen molar-refractivity contribution >= 4 is 22.8 Å². The van der Waals surface area contributed by atoms with Crippen LogP contribution in [0.1, 0.15) is 21.5 Å². The van der Waals surface area contributed by atoms with Gasteiger partial charge in [0.1, 0.15) is 11.5 Å². The minimum absolute atomic E-state index is 0.203. The number of aromatic nitrogens is 4. The average molecular weight is 329 g/mol. The highest BCUT2D eigenvalue weighted by Crippen LogP contribution is 2.19. The van der Waals surface area contributed by atoms with Gasteiger partial charge in [-0.05, 0) is 41.5 Å². The molecule has 0 bridgehead atoms. The number of H-pyrrole nitrogens is 1. The van der Waals surface area contributed by atoms with Crippen LogP contribution in [0.3, 0.4) is 0 Å². The van der Waals surface area contributed by atoms with Crippen molar-refractivity contribution in [3.63, 3.8) is 0 Å². The minimum Gasteiger partial charge on any atom is -0.346 e. The molecule has 0 aliphatic carbocycles. The maximum absolute atomic E-state index is 12.1. The summed E-state index contributed by atoms with van der Waals surface area (Å²) in [5.41, 5.74) is 3.66. The summed E-state index contributed by atoms with van der Waals surface area (Å²) in [6, 6.07) is 11.1. The number of pyridine rings is 3. The maximum Gasteiger partial charge on any atom is 0.256 e. The normalized spacial score (nSPS) is 10.7. The van der Waals surface area contributed by atoms with Gasteiger partial charge in [0, 0.05) is 48.4 Å². The third kappa shape index (κ3) is 3.23. The Kier molecular flexibility index (Phi) is 3.92. The molecule has 0 radical (unpaired) electrons. The Morgan fingerprint density at radius 2 is 1.92 bits per heavy atom. The van der Waals surface area contributed by atoms with Gasteiger partial charge in [-0.3, -0.25) is 9.78 Å². The first kappa shape index (κ1) is 15.0.